The average Bonchev–Trinajstić information content (AvgIpc) is 3.92. The van der Waals surface area contributed by atoms with E-state index in [9.17, 15) is 0 Å². The Hall–Kier alpha value is -7.36. The summed E-state index contributed by atoms with van der Waals surface area (Å²) in [5.41, 5.74) is 16.5. The zero-order chi connectivity index (χ0) is 38.5. The summed E-state index contributed by atoms with van der Waals surface area (Å²) in [5, 5.41) is 6.87. The van der Waals surface area contributed by atoms with E-state index in [0.29, 0.717) is 0 Å². The Morgan fingerprint density at radius 1 is 0.397 bits per heavy atom. The quantitative estimate of drug-likeness (QED) is 0.176. The maximum atomic E-state index is 6.59. The molecule has 274 valence electrons. The summed E-state index contributed by atoms with van der Waals surface area (Å²) in [6, 6.07) is 67.8. The molecule has 58 heavy (non-hydrogen) atoms. The van der Waals surface area contributed by atoms with E-state index in [1.165, 1.54) is 38.6 Å². The topological polar surface area (TPSA) is 29.5 Å². The van der Waals surface area contributed by atoms with Crippen molar-refractivity contribution in [2.45, 2.75) is 19.3 Å². The van der Waals surface area contributed by atoms with Crippen LogP contribution in [0.1, 0.15) is 25.0 Å². The highest BCUT2D eigenvalue weighted by Crippen LogP contribution is 2.53. The first-order chi connectivity index (χ1) is 28.5. The summed E-state index contributed by atoms with van der Waals surface area (Å²) >= 11 is 0. The third-order valence-electron chi connectivity index (χ3n) is 12.5. The summed E-state index contributed by atoms with van der Waals surface area (Å²) in [6.07, 6.45) is 0. The van der Waals surface area contributed by atoms with Gasteiger partial charge < -0.3 is 13.7 Å². The zero-order valence-corrected chi connectivity index (χ0v) is 32.2. The van der Waals surface area contributed by atoms with Crippen molar-refractivity contribution in [3.05, 3.63) is 199 Å². The molecule has 3 nitrogen and oxygen atoms in total. The first kappa shape index (κ1) is 32.8. The number of furan rings is 2. The number of fused-ring (bicyclic) bond motifs is 10. The number of para-hydroxylation sites is 2. The second-order valence-electron chi connectivity index (χ2n) is 16.0. The molecule has 1 aliphatic carbocycles. The monoisotopic (exact) mass is 743 g/mol. The van der Waals surface area contributed by atoms with Crippen molar-refractivity contribution in [3.63, 3.8) is 0 Å². The molecule has 12 rings (SSSR count). The van der Waals surface area contributed by atoms with Gasteiger partial charge in [-0.15, -0.1) is 0 Å². The minimum Gasteiger partial charge on any atom is -0.456 e. The first-order valence-electron chi connectivity index (χ1n) is 20.0. The molecule has 0 N–H and O–H groups in total. The van der Waals surface area contributed by atoms with Crippen molar-refractivity contribution in [3.8, 4) is 33.4 Å². The third-order valence-corrected chi connectivity index (χ3v) is 12.5. The maximum absolute atomic E-state index is 6.59. The minimum atomic E-state index is -0.160. The van der Waals surface area contributed by atoms with Crippen LogP contribution in [0.25, 0.3) is 88.0 Å². The average molecular weight is 744 g/mol. The molecule has 2 heterocycles. The number of anilines is 3. The Kier molecular flexibility index (Phi) is 6.98. The highest BCUT2D eigenvalue weighted by Gasteiger charge is 2.36. The van der Waals surface area contributed by atoms with E-state index in [1.807, 2.05) is 18.2 Å². The molecule has 0 saturated heterocycles. The number of nitrogens with zero attached hydrogens (tertiary/aromatic N) is 1. The normalized spacial score (nSPS) is 13.1. The van der Waals surface area contributed by atoms with Gasteiger partial charge in [-0.25, -0.2) is 0 Å². The smallest absolute Gasteiger partial charge is 0.136 e. The first-order valence-corrected chi connectivity index (χ1v) is 20.0. The van der Waals surface area contributed by atoms with Gasteiger partial charge in [-0.1, -0.05) is 147 Å². The van der Waals surface area contributed by atoms with E-state index < -0.39 is 0 Å². The molecule has 9 aromatic carbocycles. The molecule has 0 bridgehead atoms. The summed E-state index contributed by atoms with van der Waals surface area (Å²) < 4.78 is 12.9. The van der Waals surface area contributed by atoms with Crippen molar-refractivity contribution in [2.24, 2.45) is 0 Å². The molecule has 0 spiro atoms. The Labute approximate surface area is 336 Å². The number of benzene rings is 9. The largest absolute Gasteiger partial charge is 0.456 e. The standard InChI is InChI=1S/C55H37NO2/c1-55(2)45-21-8-5-16-40(45)41-30-29-37(33-46(41)55)56(36-27-25-35(26-28-36)39-19-12-24-50-52(39)43-17-6-9-22-48(43)57-50)47-31-32-51-54(44-18-7-10-23-49(44)58-51)53(47)42-20-11-14-34-13-3-4-15-38(34)42/h3-33H,1-2H3. The molecule has 11 aromatic rings. The minimum absolute atomic E-state index is 0.160. The summed E-state index contributed by atoms with van der Waals surface area (Å²) in [7, 11) is 0. The Balaban J connectivity index is 1.13. The predicted molar refractivity (Wildman–Crippen MR) is 242 cm³/mol. The highest BCUT2D eigenvalue weighted by atomic mass is 16.3. The van der Waals surface area contributed by atoms with E-state index in [1.54, 1.807) is 0 Å². The van der Waals surface area contributed by atoms with Crippen LogP contribution in [0.15, 0.2) is 197 Å². The van der Waals surface area contributed by atoms with Crippen LogP contribution in [-0.2, 0) is 5.41 Å². The molecule has 1 aliphatic rings. The van der Waals surface area contributed by atoms with Gasteiger partial charge >= 0.3 is 0 Å². The summed E-state index contributed by atoms with van der Waals surface area (Å²) in [4.78, 5) is 2.45. The van der Waals surface area contributed by atoms with Crippen LogP contribution in [0.4, 0.5) is 17.1 Å². The Morgan fingerprint density at radius 3 is 1.78 bits per heavy atom. The van der Waals surface area contributed by atoms with Gasteiger partial charge in [-0.2, -0.15) is 0 Å². The Morgan fingerprint density at radius 2 is 0.966 bits per heavy atom. The number of rotatable bonds is 5. The van der Waals surface area contributed by atoms with Crippen LogP contribution in [0.3, 0.4) is 0 Å². The molecular formula is C55H37NO2. The predicted octanol–water partition coefficient (Wildman–Crippen LogP) is 15.7. The van der Waals surface area contributed by atoms with E-state index in [2.05, 4.69) is 189 Å². The fourth-order valence-electron chi connectivity index (χ4n) is 9.77. The summed E-state index contributed by atoms with van der Waals surface area (Å²) in [6.45, 7) is 4.71. The van der Waals surface area contributed by atoms with Gasteiger partial charge in [0.2, 0.25) is 0 Å². The van der Waals surface area contributed by atoms with Crippen molar-refractivity contribution in [1.82, 2.24) is 0 Å². The van der Waals surface area contributed by atoms with Gasteiger partial charge in [0.25, 0.3) is 0 Å². The zero-order valence-electron chi connectivity index (χ0n) is 32.2. The van der Waals surface area contributed by atoms with Crippen molar-refractivity contribution in [2.75, 3.05) is 4.90 Å². The molecular weight excluding hydrogens is 707 g/mol. The molecule has 0 aliphatic heterocycles. The second-order valence-corrected chi connectivity index (χ2v) is 16.0. The van der Waals surface area contributed by atoms with E-state index >= 15 is 0 Å². The van der Waals surface area contributed by atoms with Gasteiger partial charge in [0.05, 0.1) is 5.69 Å². The lowest BCUT2D eigenvalue weighted by atomic mass is 9.82. The van der Waals surface area contributed by atoms with Crippen LogP contribution >= 0.6 is 0 Å². The van der Waals surface area contributed by atoms with Gasteiger partial charge in [0, 0.05) is 43.9 Å². The molecule has 0 radical (unpaired) electrons. The van der Waals surface area contributed by atoms with Crippen LogP contribution < -0.4 is 4.90 Å². The van der Waals surface area contributed by atoms with Crippen LogP contribution in [0.5, 0.6) is 0 Å². The van der Waals surface area contributed by atoms with E-state index in [4.69, 9.17) is 8.83 Å². The maximum Gasteiger partial charge on any atom is 0.136 e. The molecule has 0 unspecified atom stereocenters. The molecule has 0 saturated carbocycles. The molecule has 0 amide bonds. The lowest BCUT2D eigenvalue weighted by molar-refractivity contribution is 0.660. The van der Waals surface area contributed by atoms with Crippen LogP contribution in [0.2, 0.25) is 0 Å². The second kappa shape index (κ2) is 12.3. The fraction of sp³-hybridized carbons (Fsp3) is 0.0545. The summed E-state index contributed by atoms with van der Waals surface area (Å²) in [5.74, 6) is 0. The third kappa shape index (κ3) is 4.74. The van der Waals surface area contributed by atoms with Crippen LogP contribution in [-0.4, -0.2) is 0 Å². The molecule has 3 heteroatoms. The van der Waals surface area contributed by atoms with Crippen molar-refractivity contribution < 1.29 is 8.83 Å². The van der Waals surface area contributed by atoms with E-state index in [0.717, 1.165) is 77.6 Å². The van der Waals surface area contributed by atoms with Crippen molar-refractivity contribution in [1.29, 1.82) is 0 Å². The van der Waals surface area contributed by atoms with Gasteiger partial charge in [0.15, 0.2) is 0 Å². The number of hydrogen-bond donors (Lipinski definition) is 0. The highest BCUT2D eigenvalue weighted by molar-refractivity contribution is 6.19. The lowest BCUT2D eigenvalue weighted by Crippen LogP contribution is -2.17. The van der Waals surface area contributed by atoms with E-state index in [-0.39, 0.29) is 5.41 Å². The Bertz CT molecular complexity index is 3430. The molecule has 0 atom stereocenters. The van der Waals surface area contributed by atoms with Crippen molar-refractivity contribution >= 4 is 71.7 Å². The molecule has 2 aromatic heterocycles. The fourth-order valence-corrected chi connectivity index (χ4v) is 9.77. The number of hydrogen-bond acceptors (Lipinski definition) is 3. The van der Waals surface area contributed by atoms with Gasteiger partial charge in [-0.3, -0.25) is 0 Å². The lowest BCUT2D eigenvalue weighted by Gasteiger charge is -2.30. The van der Waals surface area contributed by atoms with Gasteiger partial charge in [-0.05, 0) is 104 Å². The van der Waals surface area contributed by atoms with Gasteiger partial charge in [0.1, 0.15) is 22.3 Å². The SMILES string of the molecule is CC1(C)c2ccccc2-c2ccc(N(c3ccc(-c4cccc5oc6ccccc6c45)cc3)c3ccc4oc5ccccc5c4c3-c3cccc4ccccc34)cc21. The van der Waals surface area contributed by atoms with Crippen LogP contribution in [0, 0.1) is 0 Å². The molecule has 0 fully saturated rings.